The summed E-state index contributed by atoms with van der Waals surface area (Å²) in [5.74, 6) is -0.670. The van der Waals surface area contributed by atoms with Crippen LogP contribution in [0.1, 0.15) is 12.0 Å². The highest BCUT2D eigenvalue weighted by Crippen LogP contribution is 2.24. The summed E-state index contributed by atoms with van der Waals surface area (Å²) in [7, 11) is 1.57. The lowest BCUT2D eigenvalue weighted by molar-refractivity contribution is -0.274. The number of alkyl halides is 3. The van der Waals surface area contributed by atoms with Gasteiger partial charge in [-0.15, -0.1) is 13.2 Å². The minimum absolute atomic E-state index is 0.0626. The summed E-state index contributed by atoms with van der Waals surface area (Å²) in [5, 5.41) is 0. The minimum atomic E-state index is -4.71. The van der Waals surface area contributed by atoms with Crippen molar-refractivity contribution in [2.24, 2.45) is 5.73 Å². The number of amides is 1. The number of hydrogen-bond donors (Lipinski definition) is 1. The summed E-state index contributed by atoms with van der Waals surface area (Å²) < 4.78 is 45.8. The van der Waals surface area contributed by atoms with Gasteiger partial charge in [0.1, 0.15) is 5.75 Å². The van der Waals surface area contributed by atoms with E-state index in [1.807, 2.05) is 4.90 Å². The van der Waals surface area contributed by atoms with Crippen LogP contribution < -0.4 is 10.5 Å². The van der Waals surface area contributed by atoms with Crippen LogP contribution in [0.3, 0.4) is 0 Å². The summed E-state index contributed by atoms with van der Waals surface area (Å²) >= 11 is 0. The SMILES string of the molecule is CO[C@H]1C[C@@H](C(N)=O)N(CCc2cccc(OC(F)(F)F)c2)C1. The van der Waals surface area contributed by atoms with Crippen molar-refractivity contribution >= 4 is 5.91 Å². The van der Waals surface area contributed by atoms with Crippen molar-refractivity contribution in [3.63, 3.8) is 0 Å². The molecule has 2 atom stereocenters. The van der Waals surface area contributed by atoms with Crippen molar-refractivity contribution in [3.8, 4) is 5.75 Å². The monoisotopic (exact) mass is 332 g/mol. The highest BCUT2D eigenvalue weighted by Gasteiger charge is 2.35. The van der Waals surface area contributed by atoms with Gasteiger partial charge in [-0.25, -0.2) is 0 Å². The zero-order valence-corrected chi connectivity index (χ0v) is 12.7. The van der Waals surface area contributed by atoms with Gasteiger partial charge in [0.25, 0.3) is 0 Å². The zero-order valence-electron chi connectivity index (χ0n) is 12.7. The maximum Gasteiger partial charge on any atom is 0.573 e. The van der Waals surface area contributed by atoms with Crippen molar-refractivity contribution < 1.29 is 27.4 Å². The fourth-order valence-electron chi connectivity index (χ4n) is 2.75. The second-order valence-corrected chi connectivity index (χ2v) is 5.45. The summed E-state index contributed by atoms with van der Waals surface area (Å²) in [6, 6.07) is 5.40. The van der Waals surface area contributed by atoms with Crippen LogP contribution in [0.15, 0.2) is 24.3 Å². The van der Waals surface area contributed by atoms with Gasteiger partial charge in [-0.3, -0.25) is 9.69 Å². The van der Waals surface area contributed by atoms with E-state index in [0.717, 1.165) is 0 Å². The molecule has 1 saturated heterocycles. The van der Waals surface area contributed by atoms with Crippen molar-refractivity contribution in [3.05, 3.63) is 29.8 Å². The smallest absolute Gasteiger partial charge is 0.406 e. The minimum Gasteiger partial charge on any atom is -0.406 e. The molecule has 0 spiro atoms. The van der Waals surface area contributed by atoms with Crippen LogP contribution in [0.2, 0.25) is 0 Å². The number of nitrogens with two attached hydrogens (primary N) is 1. The molecule has 0 aromatic heterocycles. The molecule has 5 nitrogen and oxygen atoms in total. The van der Waals surface area contributed by atoms with Crippen LogP contribution in [0.5, 0.6) is 5.75 Å². The number of nitrogens with zero attached hydrogens (tertiary/aromatic N) is 1. The molecule has 0 unspecified atom stereocenters. The van der Waals surface area contributed by atoms with Crippen LogP contribution >= 0.6 is 0 Å². The molecule has 2 rings (SSSR count). The molecule has 0 radical (unpaired) electrons. The molecule has 128 valence electrons. The number of carbonyl (C=O) groups excluding carboxylic acids is 1. The van der Waals surface area contributed by atoms with E-state index < -0.39 is 18.3 Å². The van der Waals surface area contributed by atoms with Gasteiger partial charge >= 0.3 is 6.36 Å². The lowest BCUT2D eigenvalue weighted by Gasteiger charge is -2.21. The first-order chi connectivity index (χ1) is 10.8. The molecule has 1 aromatic carbocycles. The van der Waals surface area contributed by atoms with Gasteiger partial charge in [-0.05, 0) is 30.5 Å². The summed E-state index contributed by atoms with van der Waals surface area (Å²) in [5.41, 5.74) is 6.08. The van der Waals surface area contributed by atoms with Crippen LogP contribution in [-0.2, 0) is 16.0 Å². The average molecular weight is 332 g/mol. The Balaban J connectivity index is 1.97. The Kier molecular flexibility index (Phi) is 5.48. The number of carbonyl (C=O) groups is 1. The third-order valence-corrected chi connectivity index (χ3v) is 3.85. The van der Waals surface area contributed by atoms with Crippen molar-refractivity contribution in [1.29, 1.82) is 0 Å². The maximum atomic E-state index is 12.2. The number of hydrogen-bond acceptors (Lipinski definition) is 4. The summed E-state index contributed by atoms with van der Waals surface area (Å²) in [6.07, 6.45) is -3.76. The number of methoxy groups -OCH3 is 1. The molecule has 8 heteroatoms. The lowest BCUT2D eigenvalue weighted by Crippen LogP contribution is -2.41. The van der Waals surface area contributed by atoms with Crippen LogP contribution in [0.4, 0.5) is 13.2 Å². The van der Waals surface area contributed by atoms with Gasteiger partial charge in [0.15, 0.2) is 0 Å². The molecular formula is C15H19F3N2O3. The van der Waals surface area contributed by atoms with E-state index in [1.54, 1.807) is 13.2 Å². The fraction of sp³-hybridized carbons (Fsp3) is 0.533. The number of rotatable bonds is 6. The van der Waals surface area contributed by atoms with Crippen molar-refractivity contribution in [2.75, 3.05) is 20.2 Å². The quantitative estimate of drug-likeness (QED) is 0.861. The molecule has 0 saturated carbocycles. The molecule has 1 aromatic rings. The molecule has 2 N–H and O–H groups in total. The first-order valence-electron chi connectivity index (χ1n) is 7.19. The van der Waals surface area contributed by atoms with E-state index in [0.29, 0.717) is 31.5 Å². The third-order valence-electron chi connectivity index (χ3n) is 3.85. The standard InChI is InChI=1S/C15H19F3N2O3/c1-22-12-8-13(14(19)21)20(9-12)6-5-10-3-2-4-11(7-10)23-15(16,17)18/h2-4,7,12-13H,5-6,8-9H2,1H3,(H2,19,21)/t12-,13-/m0/s1. The van der Waals surface area contributed by atoms with Gasteiger partial charge < -0.3 is 15.2 Å². The Morgan fingerprint density at radius 1 is 1.43 bits per heavy atom. The maximum absolute atomic E-state index is 12.2. The Labute approximate surface area is 132 Å². The normalized spacial score (nSPS) is 22.3. The molecule has 1 fully saturated rings. The van der Waals surface area contributed by atoms with Crippen LogP contribution in [0.25, 0.3) is 0 Å². The molecular weight excluding hydrogens is 313 g/mol. The zero-order chi connectivity index (χ0) is 17.0. The molecule has 1 amide bonds. The van der Waals surface area contributed by atoms with Crippen molar-refractivity contribution in [2.45, 2.75) is 31.3 Å². The van der Waals surface area contributed by atoms with E-state index >= 15 is 0 Å². The number of likely N-dealkylation sites (tertiary alicyclic amines) is 1. The largest absolute Gasteiger partial charge is 0.573 e. The van der Waals surface area contributed by atoms with Crippen molar-refractivity contribution in [1.82, 2.24) is 4.90 Å². The second-order valence-electron chi connectivity index (χ2n) is 5.45. The van der Waals surface area contributed by atoms with E-state index in [4.69, 9.17) is 10.5 Å². The van der Waals surface area contributed by atoms with Gasteiger partial charge in [0.05, 0.1) is 12.1 Å². The second kappa shape index (κ2) is 7.18. The predicted octanol–water partition coefficient (Wildman–Crippen LogP) is 1.70. The third kappa shape index (κ3) is 5.11. The number of ether oxygens (including phenoxy) is 2. The Morgan fingerprint density at radius 3 is 2.78 bits per heavy atom. The molecule has 1 heterocycles. The van der Waals surface area contributed by atoms with Gasteiger partial charge in [-0.2, -0.15) is 0 Å². The van der Waals surface area contributed by atoms with Gasteiger partial charge in [0.2, 0.25) is 5.91 Å². The first kappa shape index (κ1) is 17.6. The van der Waals surface area contributed by atoms with Gasteiger partial charge in [0, 0.05) is 20.2 Å². The van der Waals surface area contributed by atoms with E-state index in [1.165, 1.54) is 18.2 Å². The predicted molar refractivity (Wildman–Crippen MR) is 76.8 cm³/mol. The molecule has 1 aliphatic heterocycles. The Bertz CT molecular complexity index is 551. The molecule has 0 aliphatic carbocycles. The first-order valence-corrected chi connectivity index (χ1v) is 7.19. The van der Waals surface area contributed by atoms with Crippen LogP contribution in [0, 0.1) is 0 Å². The van der Waals surface area contributed by atoms with Crippen LogP contribution in [-0.4, -0.2) is 49.5 Å². The van der Waals surface area contributed by atoms with E-state index in [-0.39, 0.29) is 11.9 Å². The fourth-order valence-corrected chi connectivity index (χ4v) is 2.75. The summed E-state index contributed by atoms with van der Waals surface area (Å²) in [6.45, 7) is 1.08. The number of halogens is 3. The topological polar surface area (TPSA) is 64.8 Å². The molecule has 1 aliphatic rings. The summed E-state index contributed by atoms with van der Waals surface area (Å²) in [4.78, 5) is 13.4. The highest BCUT2D eigenvalue weighted by atomic mass is 19.4. The van der Waals surface area contributed by atoms with Gasteiger partial charge in [-0.1, -0.05) is 12.1 Å². The van der Waals surface area contributed by atoms with E-state index in [9.17, 15) is 18.0 Å². The number of benzene rings is 1. The number of primary amides is 1. The highest BCUT2D eigenvalue weighted by molar-refractivity contribution is 5.80. The molecule has 0 bridgehead atoms. The Hall–Kier alpha value is -1.80. The Morgan fingerprint density at radius 2 is 2.17 bits per heavy atom. The lowest BCUT2D eigenvalue weighted by atomic mass is 10.1. The molecule has 23 heavy (non-hydrogen) atoms. The average Bonchev–Trinajstić information content (AvgIpc) is 2.87. The van der Waals surface area contributed by atoms with E-state index in [2.05, 4.69) is 4.74 Å².